The molecule has 0 bridgehead atoms. The predicted molar refractivity (Wildman–Crippen MR) is 159 cm³/mol. The van der Waals surface area contributed by atoms with Gasteiger partial charge in [-0.1, -0.05) is 19.9 Å². The van der Waals surface area contributed by atoms with Crippen molar-refractivity contribution < 1.29 is 42.2 Å². The van der Waals surface area contributed by atoms with Crippen LogP contribution in [0.25, 0.3) is 0 Å². The monoisotopic (exact) mass is 650 g/mol. The number of hydrogen-bond donors (Lipinski definition) is 5. The Morgan fingerprint density at radius 2 is 1.78 bits per heavy atom. The first kappa shape index (κ1) is 32.6. The van der Waals surface area contributed by atoms with Gasteiger partial charge < -0.3 is 35.2 Å². The maximum absolute atomic E-state index is 14.1. The molecule has 3 heterocycles. The van der Waals surface area contributed by atoms with Crippen molar-refractivity contribution in [2.45, 2.75) is 69.4 Å². The fourth-order valence-corrected chi connectivity index (χ4v) is 7.34. The minimum atomic E-state index is -4.84. The number of rotatable bonds is 10. The summed E-state index contributed by atoms with van der Waals surface area (Å²) in [5.41, 5.74) is 0.895. The van der Waals surface area contributed by atoms with E-state index in [0.29, 0.717) is 35.9 Å². The van der Waals surface area contributed by atoms with E-state index in [2.05, 4.69) is 25.6 Å². The Labute approximate surface area is 257 Å². The third-order valence-corrected chi connectivity index (χ3v) is 10.7. The first-order valence-corrected chi connectivity index (χ1v) is 15.9. The number of hydrogen-bond acceptors (Lipinski definition) is 9. The molecule has 16 heteroatoms. The molecule has 12 nitrogen and oxygen atoms in total. The molecule has 2 aliphatic rings. The molecule has 1 aliphatic heterocycles. The van der Waals surface area contributed by atoms with Crippen LogP contribution in [0.2, 0.25) is 0 Å². The van der Waals surface area contributed by atoms with E-state index in [-0.39, 0.29) is 59.8 Å². The summed E-state index contributed by atoms with van der Waals surface area (Å²) in [6.45, 7) is 3.58. The number of pyridine rings is 1. The molecular formula is C29H34F3N6O6P. The van der Waals surface area contributed by atoms with E-state index < -0.39 is 36.4 Å². The van der Waals surface area contributed by atoms with Crippen LogP contribution < -0.4 is 15.4 Å². The number of methoxy groups -OCH3 is 1. The average molecular weight is 651 g/mol. The third-order valence-electron chi connectivity index (χ3n) is 8.73. The maximum Gasteiger partial charge on any atom is 0.421 e. The number of aliphatic hydroxyl groups excluding tert-OH is 1. The Hall–Kier alpha value is -3.78. The first-order valence-electron chi connectivity index (χ1n) is 14.3. The van der Waals surface area contributed by atoms with Gasteiger partial charge in [0.25, 0.3) is 5.91 Å². The number of nitrogens with one attached hydrogen (secondary N) is 2. The topological polar surface area (TPSA) is 170 Å². The quantitative estimate of drug-likeness (QED) is 0.178. The number of amides is 1. The summed E-state index contributed by atoms with van der Waals surface area (Å²) in [6, 6.07) is 4.47. The summed E-state index contributed by atoms with van der Waals surface area (Å²) >= 11 is 0. The second kappa shape index (κ2) is 11.9. The number of carbonyl (C=O) groups is 1. The SMILES string of the molecule is CCC(CC)(c1ccc(Nc2ncc(C(F)(F)F)c(Nc3cnc([C@H]4C[C@@H](O)C4)c4c3C(=O)N(C)C4)n2)c(OC)c1)P(=O)(O)O. The highest BCUT2D eigenvalue weighted by atomic mass is 31.2. The molecule has 0 atom stereocenters. The molecule has 2 aromatic heterocycles. The van der Waals surface area contributed by atoms with Crippen LogP contribution in [0.3, 0.4) is 0 Å². The number of halogens is 3. The lowest BCUT2D eigenvalue weighted by Gasteiger charge is -2.33. The van der Waals surface area contributed by atoms with Gasteiger partial charge in [0.05, 0.1) is 41.5 Å². The van der Waals surface area contributed by atoms with Crippen LogP contribution in [0.4, 0.5) is 36.3 Å². The van der Waals surface area contributed by atoms with Gasteiger partial charge in [-0.3, -0.25) is 14.3 Å². The molecule has 3 aromatic rings. The second-order valence-electron chi connectivity index (χ2n) is 11.3. The fraction of sp³-hybridized carbons (Fsp3) is 0.448. The Bertz CT molecular complexity index is 1670. The molecule has 0 radical (unpaired) electrons. The maximum atomic E-state index is 14.1. The van der Waals surface area contributed by atoms with Crippen LogP contribution in [-0.4, -0.2) is 60.9 Å². The van der Waals surface area contributed by atoms with Gasteiger partial charge >= 0.3 is 13.8 Å². The molecule has 5 N–H and O–H groups in total. The van der Waals surface area contributed by atoms with E-state index in [1.165, 1.54) is 36.4 Å². The van der Waals surface area contributed by atoms with Gasteiger partial charge in [0.15, 0.2) is 0 Å². The molecule has 242 valence electrons. The number of alkyl halides is 3. The number of fused-ring (bicyclic) bond motifs is 1. The van der Waals surface area contributed by atoms with Crippen molar-refractivity contribution in [2.75, 3.05) is 24.8 Å². The zero-order chi connectivity index (χ0) is 32.9. The number of carbonyl (C=O) groups excluding carboxylic acids is 1. The fourth-order valence-electron chi connectivity index (χ4n) is 6.04. The van der Waals surface area contributed by atoms with Gasteiger partial charge in [-0.2, -0.15) is 18.2 Å². The van der Waals surface area contributed by atoms with Crippen molar-refractivity contribution in [1.82, 2.24) is 19.9 Å². The number of aromatic nitrogens is 3. The molecule has 0 spiro atoms. The van der Waals surface area contributed by atoms with E-state index >= 15 is 0 Å². The van der Waals surface area contributed by atoms with Crippen molar-refractivity contribution in [3.63, 3.8) is 0 Å². The minimum absolute atomic E-state index is 0.0490. The Morgan fingerprint density at radius 1 is 1.09 bits per heavy atom. The molecule has 0 unspecified atom stereocenters. The highest BCUT2D eigenvalue weighted by Gasteiger charge is 2.46. The summed E-state index contributed by atoms with van der Waals surface area (Å²) in [5, 5.41) is 13.8. The summed E-state index contributed by atoms with van der Waals surface area (Å²) < 4.78 is 60.2. The van der Waals surface area contributed by atoms with Crippen LogP contribution in [0, 0.1) is 0 Å². The van der Waals surface area contributed by atoms with Gasteiger partial charge in [-0.15, -0.1) is 0 Å². The lowest BCUT2D eigenvalue weighted by Crippen LogP contribution is -2.28. The first-order chi connectivity index (χ1) is 21.1. The van der Waals surface area contributed by atoms with Crippen LogP contribution in [0.5, 0.6) is 5.75 Å². The summed E-state index contributed by atoms with van der Waals surface area (Å²) in [5.74, 6) is -1.13. The second-order valence-corrected chi connectivity index (χ2v) is 13.2. The lowest BCUT2D eigenvalue weighted by atomic mass is 9.78. The Morgan fingerprint density at radius 3 is 2.36 bits per heavy atom. The van der Waals surface area contributed by atoms with Gasteiger partial charge in [0, 0.05) is 37.0 Å². The molecule has 1 saturated carbocycles. The van der Waals surface area contributed by atoms with Crippen LogP contribution >= 0.6 is 7.60 Å². The van der Waals surface area contributed by atoms with Crippen molar-refractivity contribution in [3.05, 3.63) is 58.5 Å². The van der Waals surface area contributed by atoms with E-state index in [1.807, 2.05) is 0 Å². The predicted octanol–water partition coefficient (Wildman–Crippen LogP) is 5.40. The average Bonchev–Trinajstić information content (AvgIpc) is 3.26. The molecule has 1 aromatic carbocycles. The zero-order valence-electron chi connectivity index (χ0n) is 25.0. The van der Waals surface area contributed by atoms with Crippen LogP contribution in [0.1, 0.15) is 78.2 Å². The molecule has 45 heavy (non-hydrogen) atoms. The van der Waals surface area contributed by atoms with E-state index in [1.54, 1.807) is 20.9 Å². The largest absolute Gasteiger partial charge is 0.495 e. The van der Waals surface area contributed by atoms with Crippen LogP contribution in [-0.2, 0) is 22.4 Å². The molecule has 1 aliphatic carbocycles. The normalized spacial score (nSPS) is 18.4. The van der Waals surface area contributed by atoms with Gasteiger partial charge in [-0.25, -0.2) is 4.98 Å². The summed E-state index contributed by atoms with van der Waals surface area (Å²) in [7, 11) is -1.65. The number of aliphatic hydroxyl groups is 1. The molecular weight excluding hydrogens is 616 g/mol. The number of nitrogens with zero attached hydrogens (tertiary/aromatic N) is 4. The molecule has 0 saturated heterocycles. The van der Waals surface area contributed by atoms with Gasteiger partial charge in [-0.05, 0) is 43.4 Å². The highest BCUT2D eigenvalue weighted by Crippen LogP contribution is 2.61. The van der Waals surface area contributed by atoms with E-state index in [4.69, 9.17) is 4.74 Å². The number of anilines is 4. The minimum Gasteiger partial charge on any atom is -0.495 e. The summed E-state index contributed by atoms with van der Waals surface area (Å²) in [6.07, 6.45) is -2.09. The zero-order valence-corrected chi connectivity index (χ0v) is 25.9. The van der Waals surface area contributed by atoms with Crippen molar-refractivity contribution in [3.8, 4) is 5.75 Å². The highest BCUT2D eigenvalue weighted by molar-refractivity contribution is 7.53. The lowest BCUT2D eigenvalue weighted by molar-refractivity contribution is -0.137. The van der Waals surface area contributed by atoms with Gasteiger partial charge in [0.2, 0.25) is 5.95 Å². The Balaban J connectivity index is 1.52. The number of ether oxygens (including phenoxy) is 1. The standard InChI is InChI=1S/C29H34F3N6O6P/c1-5-28(6-2,45(41,42)43)16-7-8-20(22(11-16)44-4)36-27-34-12-19(29(30,31)32)25(37-27)35-21-13-33-24(15-9-17(39)10-15)18-14-38(3)26(40)23(18)21/h7-8,11-13,15,17,39H,5-6,9-10,14H2,1-4H3,(H2,41,42,43)(H2,34,35,36,37)/t15-,17+. The third kappa shape index (κ3) is 5.85. The molecule has 5 rings (SSSR count). The Kier molecular flexibility index (Phi) is 8.60. The molecule has 1 amide bonds. The van der Waals surface area contributed by atoms with E-state index in [9.17, 15) is 37.4 Å². The van der Waals surface area contributed by atoms with Gasteiger partial charge in [0.1, 0.15) is 17.1 Å². The van der Waals surface area contributed by atoms with Crippen LogP contribution in [0.15, 0.2) is 30.6 Å². The molecule has 1 fully saturated rings. The number of benzene rings is 1. The summed E-state index contributed by atoms with van der Waals surface area (Å²) in [4.78, 5) is 47.2. The van der Waals surface area contributed by atoms with E-state index in [0.717, 1.165) is 0 Å². The van der Waals surface area contributed by atoms with Crippen molar-refractivity contribution in [2.24, 2.45) is 0 Å². The van der Waals surface area contributed by atoms with Crippen molar-refractivity contribution >= 4 is 36.6 Å². The smallest absolute Gasteiger partial charge is 0.421 e. The van der Waals surface area contributed by atoms with Crippen molar-refractivity contribution in [1.29, 1.82) is 0 Å².